The molecule has 6 nitrogen and oxygen atoms in total. The number of aromatic nitrogens is 1. The predicted octanol–water partition coefficient (Wildman–Crippen LogP) is 1.69. The van der Waals surface area contributed by atoms with E-state index in [1.165, 1.54) is 6.20 Å². The fraction of sp³-hybridized carbons (Fsp3) is 0.200. The number of hydrogen-bond donors (Lipinski definition) is 2. The number of nitrogens with zero attached hydrogens (tertiary/aromatic N) is 2. The summed E-state index contributed by atoms with van der Waals surface area (Å²) < 4.78 is 53.2. The summed E-state index contributed by atoms with van der Waals surface area (Å²) in [6.45, 7) is 0.0963. The van der Waals surface area contributed by atoms with E-state index in [0.29, 0.717) is 23.6 Å². The Kier molecular flexibility index (Phi) is 4.06. The molecule has 0 amide bonds. The molecule has 3 rings (SSSR count). The molecule has 1 aromatic carbocycles. The molecule has 0 atom stereocenters. The minimum atomic E-state index is -4.11. The number of nitrogens with one attached hydrogen (secondary N) is 1. The average molecular weight is 352 g/mol. The highest BCUT2D eigenvalue weighted by molar-refractivity contribution is 7.89. The summed E-state index contributed by atoms with van der Waals surface area (Å²) in [6, 6.07) is 2.36. The molecule has 0 spiro atoms. The maximum Gasteiger partial charge on any atom is 0.246 e. The van der Waals surface area contributed by atoms with E-state index in [0.717, 1.165) is 28.2 Å². The summed E-state index contributed by atoms with van der Waals surface area (Å²) in [5.41, 5.74) is 7.57. The molecule has 1 aromatic heterocycles. The first-order valence-electron chi connectivity index (χ1n) is 7.06. The van der Waals surface area contributed by atoms with Gasteiger partial charge in [0.05, 0.1) is 0 Å². The fourth-order valence-electron chi connectivity index (χ4n) is 2.75. The molecule has 0 bridgehead atoms. The van der Waals surface area contributed by atoms with Crippen molar-refractivity contribution in [2.24, 2.45) is 0 Å². The average Bonchev–Trinajstić information content (AvgIpc) is 2.54. The highest BCUT2D eigenvalue weighted by atomic mass is 32.2. The van der Waals surface area contributed by atoms with Crippen LogP contribution in [0.25, 0.3) is 0 Å². The van der Waals surface area contributed by atoms with Gasteiger partial charge in [-0.2, -0.15) is 4.31 Å². The van der Waals surface area contributed by atoms with E-state index < -0.39 is 26.6 Å². The summed E-state index contributed by atoms with van der Waals surface area (Å²) in [6.07, 6.45) is 2.88. The van der Waals surface area contributed by atoms with Crippen molar-refractivity contribution in [2.75, 3.05) is 12.3 Å². The number of rotatable bonds is 3. The van der Waals surface area contributed by atoms with Gasteiger partial charge in [-0.15, -0.1) is 0 Å². The molecule has 1 aliphatic heterocycles. The topological polar surface area (TPSA) is 100 Å². The third-order valence-electron chi connectivity index (χ3n) is 3.96. The van der Waals surface area contributed by atoms with Gasteiger partial charge in [-0.25, -0.2) is 22.2 Å². The van der Waals surface area contributed by atoms with Gasteiger partial charge in [0, 0.05) is 37.1 Å². The van der Waals surface area contributed by atoms with Crippen molar-refractivity contribution in [3.63, 3.8) is 0 Å². The normalized spacial score (nSPS) is 15.1. The molecular weight excluding hydrogens is 338 g/mol. The highest BCUT2D eigenvalue weighted by Gasteiger charge is 2.31. The van der Waals surface area contributed by atoms with Crippen LogP contribution in [-0.4, -0.2) is 30.5 Å². The first-order chi connectivity index (χ1) is 11.3. The van der Waals surface area contributed by atoms with Gasteiger partial charge in [-0.1, -0.05) is 0 Å². The lowest BCUT2D eigenvalue weighted by molar-refractivity contribution is 0.387. The zero-order valence-electron chi connectivity index (χ0n) is 12.5. The summed E-state index contributed by atoms with van der Waals surface area (Å²) in [5, 5.41) is 7.42. The molecule has 0 saturated carbocycles. The highest BCUT2D eigenvalue weighted by Crippen LogP contribution is 2.28. The lowest BCUT2D eigenvalue weighted by Crippen LogP contribution is -2.37. The summed E-state index contributed by atoms with van der Waals surface area (Å²) in [7, 11) is -4.11. The maximum absolute atomic E-state index is 13.9. The molecular formula is C15H14F2N4O2S. The van der Waals surface area contributed by atoms with Crippen molar-refractivity contribution < 1.29 is 17.2 Å². The summed E-state index contributed by atoms with van der Waals surface area (Å²) in [4.78, 5) is 3.40. The fourth-order valence-corrected chi connectivity index (χ4v) is 4.21. The predicted molar refractivity (Wildman–Crippen MR) is 84.2 cm³/mol. The van der Waals surface area contributed by atoms with Crippen molar-refractivity contribution in [3.8, 4) is 0 Å². The smallest absolute Gasteiger partial charge is 0.246 e. The second kappa shape index (κ2) is 5.91. The van der Waals surface area contributed by atoms with Gasteiger partial charge in [-0.3, -0.25) is 0 Å². The molecule has 0 unspecified atom stereocenters. The first kappa shape index (κ1) is 16.5. The number of sulfonamides is 1. The SMILES string of the molecule is N=Cc1c(N)ncc2c1CCN(S(=O)(=O)c1ccc(F)cc1F)C2. The van der Waals surface area contributed by atoms with Crippen LogP contribution in [0.15, 0.2) is 29.3 Å². The standard InChI is InChI=1S/C15H14F2N4O2S/c16-10-1-2-14(13(17)5-10)24(22,23)21-4-3-11-9(8-21)7-20-15(19)12(11)6-18/h1-2,5-7,18H,3-4,8H2,(H2,19,20). The lowest BCUT2D eigenvalue weighted by atomic mass is 9.98. The van der Waals surface area contributed by atoms with E-state index in [2.05, 4.69) is 4.98 Å². The van der Waals surface area contributed by atoms with Crippen molar-refractivity contribution in [1.29, 1.82) is 5.41 Å². The summed E-state index contributed by atoms with van der Waals surface area (Å²) in [5.74, 6) is -1.76. The molecule has 1 aliphatic rings. The molecule has 24 heavy (non-hydrogen) atoms. The van der Waals surface area contributed by atoms with Crippen LogP contribution in [0.1, 0.15) is 16.7 Å². The number of pyridine rings is 1. The third kappa shape index (κ3) is 2.65. The monoisotopic (exact) mass is 352 g/mol. The van der Waals surface area contributed by atoms with Crippen LogP contribution in [0.2, 0.25) is 0 Å². The lowest BCUT2D eigenvalue weighted by Gasteiger charge is -2.29. The van der Waals surface area contributed by atoms with Gasteiger partial charge in [-0.05, 0) is 29.7 Å². The van der Waals surface area contributed by atoms with Gasteiger partial charge in [0.15, 0.2) is 0 Å². The minimum absolute atomic E-state index is 0.0113. The van der Waals surface area contributed by atoms with Crippen molar-refractivity contribution >= 4 is 22.1 Å². The van der Waals surface area contributed by atoms with Gasteiger partial charge in [0.2, 0.25) is 10.0 Å². The molecule has 0 saturated heterocycles. The van der Waals surface area contributed by atoms with Gasteiger partial charge in [0.25, 0.3) is 0 Å². The van der Waals surface area contributed by atoms with E-state index in [4.69, 9.17) is 11.1 Å². The Hall–Kier alpha value is -2.39. The molecule has 2 aromatic rings. The van der Waals surface area contributed by atoms with Crippen LogP contribution in [0, 0.1) is 17.0 Å². The first-order valence-corrected chi connectivity index (χ1v) is 8.50. The minimum Gasteiger partial charge on any atom is -0.383 e. The second-order valence-electron chi connectivity index (χ2n) is 5.37. The molecule has 0 aliphatic carbocycles. The number of halogens is 2. The molecule has 2 heterocycles. The van der Waals surface area contributed by atoms with E-state index in [-0.39, 0.29) is 18.9 Å². The molecule has 0 radical (unpaired) electrons. The van der Waals surface area contributed by atoms with Gasteiger partial charge in [0.1, 0.15) is 22.3 Å². The number of hydrogen-bond acceptors (Lipinski definition) is 5. The molecule has 9 heteroatoms. The van der Waals surface area contributed by atoms with Crippen LogP contribution in [-0.2, 0) is 23.0 Å². The van der Waals surface area contributed by atoms with E-state index in [9.17, 15) is 17.2 Å². The van der Waals surface area contributed by atoms with E-state index in [1.807, 2.05) is 0 Å². The van der Waals surface area contributed by atoms with E-state index in [1.54, 1.807) is 0 Å². The van der Waals surface area contributed by atoms with Crippen LogP contribution >= 0.6 is 0 Å². The van der Waals surface area contributed by atoms with Gasteiger partial charge >= 0.3 is 0 Å². The maximum atomic E-state index is 13.9. The van der Waals surface area contributed by atoms with Crippen molar-refractivity contribution in [3.05, 3.63) is 52.7 Å². The van der Waals surface area contributed by atoms with Gasteiger partial charge < -0.3 is 11.1 Å². The number of fused-ring (bicyclic) bond motifs is 1. The van der Waals surface area contributed by atoms with Crippen LogP contribution in [0.3, 0.4) is 0 Å². The zero-order chi connectivity index (χ0) is 17.5. The van der Waals surface area contributed by atoms with Crippen molar-refractivity contribution in [2.45, 2.75) is 17.9 Å². The molecule has 0 fully saturated rings. The Morgan fingerprint density at radius 1 is 1.33 bits per heavy atom. The number of anilines is 1. The van der Waals surface area contributed by atoms with E-state index >= 15 is 0 Å². The second-order valence-corrected chi connectivity index (χ2v) is 7.27. The quantitative estimate of drug-likeness (QED) is 0.821. The molecule has 3 N–H and O–H groups in total. The van der Waals surface area contributed by atoms with Crippen molar-refractivity contribution in [1.82, 2.24) is 9.29 Å². The Morgan fingerprint density at radius 3 is 2.75 bits per heavy atom. The third-order valence-corrected chi connectivity index (χ3v) is 5.84. The van der Waals surface area contributed by atoms with Crippen LogP contribution in [0.5, 0.6) is 0 Å². The zero-order valence-corrected chi connectivity index (χ0v) is 13.3. The Morgan fingerprint density at radius 2 is 2.08 bits per heavy atom. The Labute approximate surface area is 137 Å². The van der Waals surface area contributed by atoms with Crippen LogP contribution in [0.4, 0.5) is 14.6 Å². The molecule has 126 valence electrons. The Balaban J connectivity index is 1.99. The largest absolute Gasteiger partial charge is 0.383 e. The number of benzene rings is 1. The number of nitrogens with two attached hydrogens (primary N) is 1. The Bertz CT molecular complexity index is 931. The number of nitrogen functional groups attached to an aromatic ring is 1. The summed E-state index contributed by atoms with van der Waals surface area (Å²) >= 11 is 0. The van der Waals surface area contributed by atoms with Crippen LogP contribution < -0.4 is 5.73 Å².